The van der Waals surface area contributed by atoms with Gasteiger partial charge in [0, 0.05) is 10.4 Å². The van der Waals surface area contributed by atoms with Gasteiger partial charge in [-0.05, 0) is 17.7 Å². The van der Waals surface area contributed by atoms with Crippen LogP contribution in [0.1, 0.15) is 5.56 Å². The van der Waals surface area contributed by atoms with Crippen LogP contribution in [0.5, 0.6) is 0 Å². The molecule has 0 aliphatic heterocycles. The van der Waals surface area contributed by atoms with Crippen molar-refractivity contribution in [2.24, 2.45) is 0 Å². The molecular weight excluding hydrogens is 463 g/mol. The lowest BCUT2D eigenvalue weighted by Gasteiger charge is -2.27. The predicted octanol–water partition coefficient (Wildman–Crippen LogP) is 5.44. The molecule has 0 N–H and O–H groups in total. The quantitative estimate of drug-likeness (QED) is 0.517. The monoisotopic (exact) mass is 466 g/mol. The van der Waals surface area contributed by atoms with Crippen LogP contribution in [0.25, 0.3) is 0 Å². The zero-order valence-corrected chi connectivity index (χ0v) is 14.1. The summed E-state index contributed by atoms with van der Waals surface area (Å²) in [5.41, 5.74) is 1.16. The summed E-state index contributed by atoms with van der Waals surface area (Å²) in [4.78, 5) is 0. The second-order valence-electron chi connectivity index (χ2n) is 2.80. The zero-order valence-electron chi connectivity index (χ0n) is 6.98. The second-order valence-corrected chi connectivity index (χ2v) is 8.28. The first-order valence-electron chi connectivity index (χ1n) is 3.80. The van der Waals surface area contributed by atoms with E-state index >= 15 is 0 Å². The molecule has 0 saturated carbocycles. The molecule has 1 aromatic rings. The maximum absolute atomic E-state index is 5.83. The largest absolute Gasteiger partial charge is 0.0908 e. The number of hydrogen-bond donors (Lipinski definition) is 0. The minimum atomic E-state index is -0.169. The molecule has 0 fully saturated rings. The van der Waals surface area contributed by atoms with Gasteiger partial charge in [0.2, 0.25) is 0 Å². The molecule has 1 unspecified atom stereocenters. The van der Waals surface area contributed by atoms with Crippen molar-refractivity contribution in [1.82, 2.24) is 0 Å². The molecular formula is C9H7Br4Cl. The molecule has 1 atom stereocenters. The Morgan fingerprint density at radius 2 is 1.71 bits per heavy atom. The van der Waals surface area contributed by atoms with Gasteiger partial charge >= 0.3 is 0 Å². The van der Waals surface area contributed by atoms with Crippen LogP contribution in [0.2, 0.25) is 5.02 Å². The normalized spacial score (nSPS) is 15.6. The first kappa shape index (κ1) is 13.5. The fourth-order valence-electron chi connectivity index (χ4n) is 0.988. The lowest BCUT2D eigenvalue weighted by Crippen LogP contribution is -2.27. The molecule has 0 amide bonds. The van der Waals surface area contributed by atoms with Crippen molar-refractivity contribution >= 4 is 75.3 Å². The van der Waals surface area contributed by atoms with Crippen molar-refractivity contribution in [3.8, 4) is 0 Å². The fraction of sp³-hybridized carbons (Fsp3) is 0.333. The molecule has 0 radical (unpaired) electrons. The summed E-state index contributed by atoms with van der Waals surface area (Å²) in [5, 5.41) is 1.54. The zero-order chi connectivity index (χ0) is 10.8. The van der Waals surface area contributed by atoms with E-state index in [4.69, 9.17) is 11.6 Å². The smallest absolute Gasteiger partial charge is 0.0899 e. The van der Waals surface area contributed by atoms with E-state index in [-0.39, 0.29) is 8.06 Å². The van der Waals surface area contributed by atoms with E-state index < -0.39 is 0 Å². The van der Waals surface area contributed by atoms with Gasteiger partial charge in [-0.15, -0.1) is 0 Å². The first-order chi connectivity index (χ1) is 6.50. The Bertz CT molecular complexity index is 298. The van der Waals surface area contributed by atoms with Gasteiger partial charge in [0.1, 0.15) is 0 Å². The van der Waals surface area contributed by atoms with Crippen molar-refractivity contribution in [3.63, 3.8) is 0 Å². The standard InChI is InChI=1S/C9H7Br4Cl/c10-5-9(13,8(11)12)6-1-3-7(14)4-2-6/h1-4,8H,5H2. The van der Waals surface area contributed by atoms with Crippen molar-refractivity contribution in [1.29, 1.82) is 0 Å². The second kappa shape index (κ2) is 5.67. The molecule has 0 aromatic heterocycles. The molecule has 78 valence electrons. The van der Waals surface area contributed by atoms with Gasteiger partial charge < -0.3 is 0 Å². The lowest BCUT2D eigenvalue weighted by molar-refractivity contribution is 0.821. The van der Waals surface area contributed by atoms with Gasteiger partial charge in [0.05, 0.1) is 8.06 Å². The topological polar surface area (TPSA) is 0 Å². The summed E-state index contributed by atoms with van der Waals surface area (Å²) in [6.07, 6.45) is 0. The van der Waals surface area contributed by atoms with Crippen molar-refractivity contribution in [2.75, 3.05) is 5.33 Å². The van der Waals surface area contributed by atoms with Crippen molar-refractivity contribution < 1.29 is 0 Å². The predicted molar refractivity (Wildman–Crippen MR) is 77.5 cm³/mol. The number of rotatable bonds is 3. The molecule has 1 aromatic carbocycles. The summed E-state index contributed by atoms with van der Waals surface area (Å²) in [6, 6.07) is 7.79. The molecule has 5 heteroatoms. The van der Waals surface area contributed by atoms with E-state index in [1.54, 1.807) is 0 Å². The van der Waals surface area contributed by atoms with Crippen molar-refractivity contribution in [2.45, 2.75) is 8.06 Å². The van der Waals surface area contributed by atoms with E-state index in [1.165, 1.54) is 0 Å². The first-order valence-corrected chi connectivity index (χ1v) is 7.92. The summed E-state index contributed by atoms with van der Waals surface area (Å²) in [6.45, 7) is 0. The van der Waals surface area contributed by atoms with Crippen LogP contribution in [0.15, 0.2) is 24.3 Å². The highest BCUT2D eigenvalue weighted by molar-refractivity contribution is 9.25. The molecule has 0 nitrogen and oxygen atoms in total. The maximum atomic E-state index is 5.83. The molecule has 0 bridgehead atoms. The highest BCUT2D eigenvalue weighted by atomic mass is 79.9. The Balaban J connectivity index is 3.06. The van der Waals surface area contributed by atoms with E-state index in [0.717, 1.165) is 15.9 Å². The lowest BCUT2D eigenvalue weighted by atomic mass is 10.0. The Morgan fingerprint density at radius 3 is 2.07 bits per heavy atom. The number of alkyl halides is 4. The Hall–Kier alpha value is 1.43. The van der Waals surface area contributed by atoms with Gasteiger partial charge in [-0.1, -0.05) is 87.5 Å². The van der Waals surface area contributed by atoms with Gasteiger partial charge in [0.25, 0.3) is 0 Å². The van der Waals surface area contributed by atoms with Crippen LogP contribution < -0.4 is 0 Å². The fourth-order valence-corrected chi connectivity index (χ4v) is 3.75. The summed E-state index contributed by atoms with van der Waals surface area (Å²) in [5.74, 6) is 0. The van der Waals surface area contributed by atoms with E-state index in [1.807, 2.05) is 24.3 Å². The van der Waals surface area contributed by atoms with E-state index in [9.17, 15) is 0 Å². The third-order valence-electron chi connectivity index (χ3n) is 1.86. The Labute approximate surface area is 122 Å². The number of halogens is 5. The molecule has 0 saturated heterocycles. The highest BCUT2D eigenvalue weighted by Gasteiger charge is 2.34. The molecule has 0 heterocycles. The minimum Gasteiger partial charge on any atom is -0.0908 e. The third-order valence-corrected chi connectivity index (χ3v) is 7.74. The molecule has 1 rings (SSSR count). The van der Waals surface area contributed by atoms with Crippen LogP contribution in [-0.2, 0) is 4.32 Å². The van der Waals surface area contributed by atoms with Crippen LogP contribution in [0.4, 0.5) is 0 Å². The van der Waals surface area contributed by atoms with E-state index in [0.29, 0.717) is 0 Å². The number of benzene rings is 1. The van der Waals surface area contributed by atoms with Crippen LogP contribution >= 0.6 is 75.3 Å². The maximum Gasteiger partial charge on any atom is 0.0899 e. The third kappa shape index (κ3) is 2.97. The van der Waals surface area contributed by atoms with Gasteiger partial charge in [-0.25, -0.2) is 0 Å². The Morgan fingerprint density at radius 1 is 1.21 bits per heavy atom. The minimum absolute atomic E-state index is 0.142. The van der Waals surface area contributed by atoms with Gasteiger partial charge in [-0.3, -0.25) is 0 Å². The van der Waals surface area contributed by atoms with E-state index in [2.05, 4.69) is 63.7 Å². The average molecular weight is 470 g/mol. The number of hydrogen-bond acceptors (Lipinski definition) is 0. The molecule has 0 aliphatic carbocycles. The SMILES string of the molecule is Clc1ccc(C(Br)(CBr)C(Br)Br)cc1. The van der Waals surface area contributed by atoms with Crippen LogP contribution in [0.3, 0.4) is 0 Å². The Kier molecular flexibility index (Phi) is 5.46. The van der Waals surface area contributed by atoms with Crippen molar-refractivity contribution in [3.05, 3.63) is 34.9 Å². The molecule has 0 spiro atoms. The summed E-state index contributed by atoms with van der Waals surface area (Å²) in [7, 11) is 0. The van der Waals surface area contributed by atoms with Crippen LogP contribution in [-0.4, -0.2) is 9.07 Å². The van der Waals surface area contributed by atoms with Crippen LogP contribution in [0, 0.1) is 0 Å². The highest BCUT2D eigenvalue weighted by Crippen LogP contribution is 2.43. The molecule has 0 aliphatic rings. The average Bonchev–Trinajstić information content (AvgIpc) is 2.17. The summed E-state index contributed by atoms with van der Waals surface area (Å²) < 4.78 is -0.0273. The van der Waals surface area contributed by atoms with Gasteiger partial charge in [0.15, 0.2) is 0 Å². The molecule has 14 heavy (non-hydrogen) atoms. The summed E-state index contributed by atoms with van der Waals surface area (Å²) >= 11 is 20.1. The van der Waals surface area contributed by atoms with Gasteiger partial charge in [-0.2, -0.15) is 0 Å².